The van der Waals surface area contributed by atoms with Crippen LogP contribution in [0.4, 0.5) is 0 Å². The number of amides is 1. The molecule has 3 nitrogen and oxygen atoms in total. The van der Waals surface area contributed by atoms with E-state index in [1.54, 1.807) is 12.1 Å². The molecule has 29 heavy (non-hydrogen) atoms. The van der Waals surface area contributed by atoms with Crippen LogP contribution < -0.4 is 0 Å². The van der Waals surface area contributed by atoms with E-state index < -0.39 is 0 Å². The Morgan fingerprint density at radius 1 is 1.03 bits per heavy atom. The van der Waals surface area contributed by atoms with Crippen LogP contribution in [-0.2, 0) is 13.1 Å². The van der Waals surface area contributed by atoms with Gasteiger partial charge in [0.25, 0.3) is 5.91 Å². The van der Waals surface area contributed by atoms with Crippen molar-refractivity contribution in [1.82, 2.24) is 9.47 Å². The average molecular weight is 409 g/mol. The fourth-order valence-corrected chi connectivity index (χ4v) is 3.70. The van der Waals surface area contributed by atoms with Gasteiger partial charge in [-0.15, -0.1) is 0 Å². The summed E-state index contributed by atoms with van der Waals surface area (Å²) in [5.74, 6) is 0.307. The second kappa shape index (κ2) is 9.32. The molecule has 1 atom stereocenters. The van der Waals surface area contributed by atoms with Crippen molar-refractivity contribution in [3.63, 3.8) is 0 Å². The molecule has 0 N–H and O–H groups in total. The van der Waals surface area contributed by atoms with Crippen LogP contribution in [0, 0.1) is 12.8 Å². The van der Waals surface area contributed by atoms with Gasteiger partial charge in [0.05, 0.1) is 17.1 Å². The minimum Gasteiger partial charge on any atom is -0.345 e. The molecule has 0 bridgehead atoms. The maximum absolute atomic E-state index is 13.4. The van der Waals surface area contributed by atoms with Crippen LogP contribution in [0.15, 0.2) is 66.9 Å². The van der Waals surface area contributed by atoms with E-state index in [1.807, 2.05) is 23.1 Å². The fraction of sp³-hybridized carbons (Fsp3) is 0.320. The zero-order chi connectivity index (χ0) is 21.0. The Morgan fingerprint density at radius 3 is 2.48 bits per heavy atom. The Hall–Kier alpha value is -2.52. The van der Waals surface area contributed by atoms with Crippen LogP contribution in [0.3, 0.4) is 0 Å². The van der Waals surface area contributed by atoms with Crippen molar-refractivity contribution in [2.45, 2.75) is 46.8 Å². The third-order valence-electron chi connectivity index (χ3n) is 5.51. The number of nitrogens with zero attached hydrogens (tertiary/aromatic N) is 2. The van der Waals surface area contributed by atoms with Crippen molar-refractivity contribution in [3.8, 4) is 0 Å². The van der Waals surface area contributed by atoms with Gasteiger partial charge in [-0.05, 0) is 49.6 Å². The Morgan fingerprint density at radius 2 is 1.79 bits per heavy atom. The van der Waals surface area contributed by atoms with E-state index in [-0.39, 0.29) is 11.9 Å². The van der Waals surface area contributed by atoms with E-state index >= 15 is 0 Å². The van der Waals surface area contributed by atoms with Crippen molar-refractivity contribution < 1.29 is 4.79 Å². The topological polar surface area (TPSA) is 25.2 Å². The highest BCUT2D eigenvalue weighted by Gasteiger charge is 2.26. The van der Waals surface area contributed by atoms with Crippen molar-refractivity contribution in [1.29, 1.82) is 0 Å². The van der Waals surface area contributed by atoms with E-state index in [0.29, 0.717) is 23.0 Å². The number of benzene rings is 2. The molecule has 1 aromatic heterocycles. The Bertz CT molecular complexity index is 976. The molecule has 0 aliphatic rings. The molecule has 3 rings (SSSR count). The number of aromatic nitrogens is 1. The second-order valence-corrected chi connectivity index (χ2v) is 8.42. The third-order valence-corrected chi connectivity index (χ3v) is 5.84. The van der Waals surface area contributed by atoms with Crippen molar-refractivity contribution in [3.05, 3.63) is 94.3 Å². The largest absolute Gasteiger partial charge is 0.345 e. The normalized spacial score (nSPS) is 12.2. The predicted octanol–water partition coefficient (Wildman–Crippen LogP) is 6.19. The number of carbonyl (C=O) groups excluding carboxylic acids is 1. The molecule has 2 aromatic carbocycles. The van der Waals surface area contributed by atoms with Crippen LogP contribution in [0.1, 0.15) is 48.0 Å². The molecule has 1 amide bonds. The molecule has 4 heteroatoms. The molecular formula is C25H29ClN2O. The minimum absolute atomic E-state index is 0.0277. The zero-order valence-electron chi connectivity index (χ0n) is 17.6. The first kappa shape index (κ1) is 21.2. The molecule has 0 aliphatic carbocycles. The first-order chi connectivity index (χ1) is 13.9. The molecule has 0 spiro atoms. The van der Waals surface area contributed by atoms with E-state index in [4.69, 9.17) is 11.6 Å². The fourth-order valence-electron chi connectivity index (χ4n) is 3.48. The van der Waals surface area contributed by atoms with Gasteiger partial charge in [0.15, 0.2) is 0 Å². The summed E-state index contributed by atoms with van der Waals surface area (Å²) in [7, 11) is 0. The number of carbonyl (C=O) groups is 1. The lowest BCUT2D eigenvalue weighted by Gasteiger charge is -2.32. The molecule has 0 unspecified atom stereocenters. The number of halogens is 1. The van der Waals surface area contributed by atoms with Crippen LogP contribution in [0.25, 0.3) is 0 Å². The first-order valence-electron chi connectivity index (χ1n) is 10.1. The second-order valence-electron chi connectivity index (χ2n) is 8.01. The van der Waals surface area contributed by atoms with Gasteiger partial charge < -0.3 is 9.47 Å². The number of hydrogen-bond acceptors (Lipinski definition) is 1. The summed E-state index contributed by atoms with van der Waals surface area (Å²) in [6.07, 6.45) is 2.08. The quantitative estimate of drug-likeness (QED) is 0.457. The van der Waals surface area contributed by atoms with Crippen molar-refractivity contribution >= 4 is 17.5 Å². The monoisotopic (exact) mass is 408 g/mol. The first-order valence-corrected chi connectivity index (χ1v) is 10.5. The van der Waals surface area contributed by atoms with Gasteiger partial charge in [0.1, 0.15) is 0 Å². The highest BCUT2D eigenvalue weighted by atomic mass is 35.5. The molecule has 0 radical (unpaired) electrons. The summed E-state index contributed by atoms with van der Waals surface area (Å²) < 4.78 is 2.22. The SMILES string of the molecule is Cc1cccc(Cn2cccc2CN(C(=O)c2ccccc2Cl)[C@@H](C)C(C)C)c1. The number of aryl methyl sites for hydroxylation is 1. The lowest BCUT2D eigenvalue weighted by molar-refractivity contribution is 0.0623. The summed E-state index contributed by atoms with van der Waals surface area (Å²) in [4.78, 5) is 15.3. The Kier molecular flexibility index (Phi) is 6.81. The zero-order valence-corrected chi connectivity index (χ0v) is 18.4. The van der Waals surface area contributed by atoms with Crippen LogP contribution in [0.2, 0.25) is 5.02 Å². The third kappa shape index (κ3) is 5.10. The summed E-state index contributed by atoms with van der Waals surface area (Å²) >= 11 is 6.33. The van der Waals surface area contributed by atoms with Gasteiger partial charge in [-0.2, -0.15) is 0 Å². The maximum atomic E-state index is 13.4. The smallest absolute Gasteiger partial charge is 0.255 e. The van der Waals surface area contributed by atoms with E-state index in [1.165, 1.54) is 11.1 Å². The molecule has 1 heterocycles. The van der Waals surface area contributed by atoms with E-state index in [0.717, 1.165) is 12.2 Å². The van der Waals surface area contributed by atoms with Crippen LogP contribution >= 0.6 is 11.6 Å². The van der Waals surface area contributed by atoms with E-state index in [2.05, 4.69) is 68.8 Å². The number of hydrogen-bond donors (Lipinski definition) is 0. The molecule has 0 aliphatic heterocycles. The molecular weight excluding hydrogens is 380 g/mol. The molecule has 3 aromatic rings. The van der Waals surface area contributed by atoms with E-state index in [9.17, 15) is 4.79 Å². The standard InChI is InChI=1S/C25H29ClN2O/c1-18(2)20(4)28(25(29)23-12-5-6-13-24(23)26)17-22-11-8-14-27(22)16-21-10-7-9-19(3)15-21/h5-15,18,20H,16-17H2,1-4H3/t20-/m0/s1. The Balaban J connectivity index is 1.88. The number of rotatable bonds is 7. The highest BCUT2D eigenvalue weighted by molar-refractivity contribution is 6.33. The minimum atomic E-state index is -0.0277. The van der Waals surface area contributed by atoms with Gasteiger partial charge in [-0.1, -0.05) is 67.4 Å². The maximum Gasteiger partial charge on any atom is 0.255 e. The lowest BCUT2D eigenvalue weighted by Crippen LogP contribution is -2.41. The van der Waals surface area contributed by atoms with Crippen LogP contribution in [-0.4, -0.2) is 21.4 Å². The van der Waals surface area contributed by atoms with Gasteiger partial charge in [-0.3, -0.25) is 4.79 Å². The van der Waals surface area contributed by atoms with Crippen molar-refractivity contribution in [2.75, 3.05) is 0 Å². The van der Waals surface area contributed by atoms with Gasteiger partial charge in [0, 0.05) is 24.5 Å². The average Bonchev–Trinajstić information content (AvgIpc) is 3.12. The molecule has 0 fully saturated rings. The summed E-state index contributed by atoms with van der Waals surface area (Å²) in [6, 6.07) is 20.0. The summed E-state index contributed by atoms with van der Waals surface area (Å²) in [5.41, 5.74) is 4.17. The van der Waals surface area contributed by atoms with Crippen molar-refractivity contribution in [2.24, 2.45) is 5.92 Å². The van der Waals surface area contributed by atoms with Crippen LogP contribution in [0.5, 0.6) is 0 Å². The lowest BCUT2D eigenvalue weighted by atomic mass is 10.0. The summed E-state index contributed by atoms with van der Waals surface area (Å²) in [6.45, 7) is 9.82. The summed E-state index contributed by atoms with van der Waals surface area (Å²) in [5, 5.41) is 0.494. The predicted molar refractivity (Wildman–Crippen MR) is 120 cm³/mol. The Labute approximate surface area is 178 Å². The van der Waals surface area contributed by atoms with Gasteiger partial charge >= 0.3 is 0 Å². The molecule has 152 valence electrons. The molecule has 0 saturated carbocycles. The highest BCUT2D eigenvalue weighted by Crippen LogP contribution is 2.23. The van der Waals surface area contributed by atoms with Gasteiger partial charge in [0.2, 0.25) is 0 Å². The van der Waals surface area contributed by atoms with Gasteiger partial charge in [-0.25, -0.2) is 0 Å². The molecule has 0 saturated heterocycles.